The lowest BCUT2D eigenvalue weighted by Crippen LogP contribution is -2.67. The molecular weight excluding hydrogens is 338 g/mol. The van der Waals surface area contributed by atoms with Crippen molar-refractivity contribution in [2.24, 2.45) is 17.8 Å². The first-order valence-corrected chi connectivity index (χ1v) is 13.2. The molecule has 0 radical (unpaired) electrons. The Kier molecular flexibility index (Phi) is 5.79. The Bertz CT molecular complexity index is 510. The van der Waals surface area contributed by atoms with Crippen LogP contribution in [-0.2, 0) is 9.22 Å². The van der Waals surface area contributed by atoms with E-state index in [2.05, 4.69) is 53.8 Å². The highest BCUT2D eigenvalue weighted by molar-refractivity contribution is 6.77. The quantitative estimate of drug-likeness (QED) is 0.658. The van der Waals surface area contributed by atoms with Crippen molar-refractivity contribution in [2.45, 2.75) is 109 Å². The number of carbonyl (C=O) groups excluding carboxylic acids is 1. The van der Waals surface area contributed by atoms with Gasteiger partial charge in [-0.15, -0.1) is 0 Å². The molecule has 26 heavy (non-hydrogen) atoms. The smallest absolute Gasteiger partial charge is 0.200 e. The fourth-order valence-corrected chi connectivity index (χ4v) is 12.9. The van der Waals surface area contributed by atoms with Crippen LogP contribution in [0, 0.1) is 17.8 Å². The summed E-state index contributed by atoms with van der Waals surface area (Å²) in [5.41, 5.74) is 1.97. The lowest BCUT2D eigenvalue weighted by molar-refractivity contribution is -0.134. The Balaban J connectivity index is 1.80. The Morgan fingerprint density at radius 3 is 2.27 bits per heavy atom. The zero-order chi connectivity index (χ0) is 19.3. The summed E-state index contributed by atoms with van der Waals surface area (Å²) in [6, 6.07) is 0. The first-order chi connectivity index (χ1) is 12.1. The minimum Gasteiger partial charge on any atom is -0.412 e. The van der Waals surface area contributed by atoms with E-state index >= 15 is 0 Å². The first kappa shape index (κ1) is 20.5. The van der Waals surface area contributed by atoms with Crippen LogP contribution in [0.4, 0.5) is 0 Å². The summed E-state index contributed by atoms with van der Waals surface area (Å²) in [5.74, 6) is 2.44. The molecule has 3 rings (SSSR count). The van der Waals surface area contributed by atoms with Gasteiger partial charge in [0.25, 0.3) is 0 Å². The lowest BCUT2D eigenvalue weighted by atomic mass is 9.54. The third kappa shape index (κ3) is 3.35. The molecular formula is C22H41NO2Si. The van der Waals surface area contributed by atoms with Gasteiger partial charge in [0.15, 0.2) is 0 Å². The summed E-state index contributed by atoms with van der Waals surface area (Å²) in [6.45, 7) is 17.6. The van der Waals surface area contributed by atoms with Gasteiger partial charge in [0, 0.05) is 24.9 Å². The summed E-state index contributed by atoms with van der Waals surface area (Å²) < 4.78 is 7.12. The third-order valence-electron chi connectivity index (χ3n) is 7.98. The highest BCUT2D eigenvalue weighted by Crippen LogP contribution is 2.53. The molecule has 0 aromatic carbocycles. The standard InChI is InChI=1S/C22H41NO2Si/c1-14(2)26(15(3)4,16(5)6)25-20-10-21-18-8-17(7)11-22(21,23-13-20)12-19(24)9-18/h14-18,20-21,23H,8-13H2,1-7H3. The summed E-state index contributed by atoms with van der Waals surface area (Å²) in [5, 5.41) is 3.89. The maximum absolute atomic E-state index is 12.3. The van der Waals surface area contributed by atoms with Crippen molar-refractivity contribution in [3.63, 3.8) is 0 Å². The maximum Gasteiger partial charge on any atom is 0.200 e. The molecule has 3 nitrogen and oxygen atoms in total. The van der Waals surface area contributed by atoms with Crippen LogP contribution in [0.25, 0.3) is 0 Å². The molecule has 3 aliphatic rings. The topological polar surface area (TPSA) is 38.3 Å². The maximum atomic E-state index is 12.3. The number of rotatable bonds is 5. The van der Waals surface area contributed by atoms with Crippen molar-refractivity contribution in [1.82, 2.24) is 5.32 Å². The molecule has 0 spiro atoms. The molecule has 0 amide bonds. The van der Waals surface area contributed by atoms with Crippen molar-refractivity contribution in [2.75, 3.05) is 6.54 Å². The molecule has 0 aromatic heterocycles. The lowest BCUT2D eigenvalue weighted by Gasteiger charge is -2.58. The highest BCUT2D eigenvalue weighted by Gasteiger charge is 2.56. The molecule has 2 bridgehead atoms. The van der Waals surface area contributed by atoms with Gasteiger partial charge < -0.3 is 9.74 Å². The number of hydrogen-bond acceptors (Lipinski definition) is 3. The van der Waals surface area contributed by atoms with Crippen LogP contribution in [0.1, 0.15) is 80.6 Å². The molecule has 1 aliphatic heterocycles. The van der Waals surface area contributed by atoms with Gasteiger partial charge in [-0.1, -0.05) is 48.5 Å². The van der Waals surface area contributed by atoms with Crippen LogP contribution in [0.3, 0.4) is 0 Å². The predicted molar refractivity (Wildman–Crippen MR) is 111 cm³/mol. The predicted octanol–water partition coefficient (Wildman–Crippen LogP) is 5.30. The molecule has 1 N–H and O–H groups in total. The van der Waals surface area contributed by atoms with Gasteiger partial charge in [-0.05, 0) is 53.6 Å². The van der Waals surface area contributed by atoms with Crippen LogP contribution in [0.2, 0.25) is 16.6 Å². The number of Topliss-reactive ketones (excluding diaryl/α,β-unsaturated/α-hetero) is 1. The Morgan fingerprint density at radius 2 is 1.69 bits per heavy atom. The summed E-state index contributed by atoms with van der Waals surface area (Å²) in [6.07, 6.45) is 5.47. The van der Waals surface area contributed by atoms with Gasteiger partial charge in [-0.3, -0.25) is 4.79 Å². The second-order valence-electron chi connectivity index (χ2n) is 10.7. The largest absolute Gasteiger partial charge is 0.412 e. The second-order valence-corrected chi connectivity index (χ2v) is 16.1. The van der Waals surface area contributed by atoms with Crippen molar-refractivity contribution < 1.29 is 9.22 Å². The SMILES string of the molecule is CC1CC2CC(=O)CC3(C1)NCC(O[Si](C(C)C)(C(C)C)C(C)C)CC23. The van der Waals surface area contributed by atoms with E-state index in [9.17, 15) is 4.79 Å². The van der Waals surface area contributed by atoms with E-state index in [1.807, 2.05) is 0 Å². The van der Waals surface area contributed by atoms with Crippen LogP contribution in [0.15, 0.2) is 0 Å². The van der Waals surface area contributed by atoms with Gasteiger partial charge in [-0.25, -0.2) is 0 Å². The number of nitrogens with one attached hydrogen (secondary N) is 1. The fourth-order valence-electron chi connectivity index (χ4n) is 7.29. The van der Waals surface area contributed by atoms with E-state index in [0.717, 1.165) is 25.3 Å². The van der Waals surface area contributed by atoms with Crippen molar-refractivity contribution in [1.29, 1.82) is 0 Å². The molecule has 1 saturated heterocycles. The molecule has 5 atom stereocenters. The van der Waals surface area contributed by atoms with E-state index in [1.54, 1.807) is 0 Å². The van der Waals surface area contributed by atoms with Crippen molar-refractivity contribution >= 4 is 14.1 Å². The summed E-state index contributed by atoms with van der Waals surface area (Å²) in [4.78, 5) is 12.3. The zero-order valence-corrected chi connectivity index (χ0v) is 19.1. The Hall–Kier alpha value is -0.193. The molecule has 1 heterocycles. The number of carbonyl (C=O) groups is 1. The zero-order valence-electron chi connectivity index (χ0n) is 18.1. The normalized spacial score (nSPS) is 38.2. The number of piperidine rings is 1. The molecule has 2 saturated carbocycles. The Morgan fingerprint density at radius 1 is 1.08 bits per heavy atom. The molecule has 0 aromatic rings. The third-order valence-corrected chi connectivity index (χ3v) is 14.1. The van der Waals surface area contributed by atoms with Crippen molar-refractivity contribution in [3.8, 4) is 0 Å². The van der Waals surface area contributed by atoms with E-state index in [-0.39, 0.29) is 5.54 Å². The van der Waals surface area contributed by atoms with Gasteiger partial charge in [0.1, 0.15) is 5.78 Å². The van der Waals surface area contributed by atoms with Gasteiger partial charge in [0.05, 0.1) is 6.10 Å². The van der Waals surface area contributed by atoms with E-state index in [0.29, 0.717) is 40.3 Å². The van der Waals surface area contributed by atoms with E-state index in [4.69, 9.17) is 4.43 Å². The van der Waals surface area contributed by atoms with E-state index in [1.165, 1.54) is 19.3 Å². The minimum atomic E-state index is -1.84. The summed E-state index contributed by atoms with van der Waals surface area (Å²) >= 11 is 0. The van der Waals surface area contributed by atoms with Crippen LogP contribution >= 0.6 is 0 Å². The van der Waals surface area contributed by atoms with Crippen molar-refractivity contribution in [3.05, 3.63) is 0 Å². The molecule has 3 fully saturated rings. The van der Waals surface area contributed by atoms with Gasteiger partial charge in [-0.2, -0.15) is 0 Å². The average Bonchev–Trinajstić information content (AvgIpc) is 2.50. The fraction of sp³-hybridized carbons (Fsp3) is 0.955. The van der Waals surface area contributed by atoms with Crippen LogP contribution < -0.4 is 5.32 Å². The molecule has 5 unspecified atom stereocenters. The number of ketones is 1. The van der Waals surface area contributed by atoms with Gasteiger partial charge in [0.2, 0.25) is 8.32 Å². The van der Waals surface area contributed by atoms with Crippen LogP contribution in [-0.4, -0.2) is 32.3 Å². The highest BCUT2D eigenvalue weighted by atomic mass is 28.4. The van der Waals surface area contributed by atoms with Crippen LogP contribution in [0.5, 0.6) is 0 Å². The molecule has 150 valence electrons. The molecule has 2 aliphatic carbocycles. The summed E-state index contributed by atoms with van der Waals surface area (Å²) in [7, 11) is -1.84. The average molecular weight is 380 g/mol. The Labute approximate surface area is 162 Å². The first-order valence-electron chi connectivity index (χ1n) is 11.0. The minimum absolute atomic E-state index is 0.0786. The monoisotopic (exact) mass is 379 g/mol. The van der Waals surface area contributed by atoms with E-state index < -0.39 is 8.32 Å². The number of hydrogen-bond donors (Lipinski definition) is 1. The second kappa shape index (κ2) is 7.33. The van der Waals surface area contributed by atoms with Gasteiger partial charge >= 0.3 is 0 Å². The molecule has 4 heteroatoms.